The fourth-order valence-corrected chi connectivity index (χ4v) is 2.76. The van der Waals surface area contributed by atoms with E-state index in [2.05, 4.69) is 5.32 Å². The van der Waals surface area contributed by atoms with E-state index in [1.165, 1.54) is 10.5 Å². The summed E-state index contributed by atoms with van der Waals surface area (Å²) in [5.41, 5.74) is 2.63. The normalized spacial score (nSPS) is 15.3. The first-order valence-corrected chi connectivity index (χ1v) is 8.16. The fourth-order valence-electron chi connectivity index (χ4n) is 2.64. The van der Waals surface area contributed by atoms with Crippen molar-refractivity contribution in [2.24, 2.45) is 0 Å². The smallest absolute Gasteiger partial charge is 0.255 e. The molecule has 5 heteroatoms. The molecule has 23 heavy (non-hydrogen) atoms. The van der Waals surface area contributed by atoms with E-state index in [0.29, 0.717) is 10.6 Å². The number of ether oxygens (including phenoxy) is 1. The molecule has 0 aliphatic carbocycles. The number of morpholine rings is 1. The maximum Gasteiger partial charge on any atom is 0.255 e. The summed E-state index contributed by atoms with van der Waals surface area (Å²) in [5.74, 6) is -0.113. The minimum absolute atomic E-state index is 0.113. The van der Waals surface area contributed by atoms with Crippen LogP contribution in [0.25, 0.3) is 0 Å². The largest absolute Gasteiger partial charge is 0.370 e. The van der Waals surface area contributed by atoms with E-state index in [0.717, 1.165) is 38.5 Å². The van der Waals surface area contributed by atoms with Crippen LogP contribution in [0, 0.1) is 0 Å². The van der Waals surface area contributed by atoms with E-state index in [9.17, 15) is 4.79 Å². The second-order valence-electron chi connectivity index (χ2n) is 5.70. The average Bonchev–Trinajstić information content (AvgIpc) is 2.58. The molecule has 1 heterocycles. The van der Waals surface area contributed by atoms with E-state index >= 15 is 0 Å². The summed E-state index contributed by atoms with van der Waals surface area (Å²) in [5, 5.41) is 3.52. The lowest BCUT2D eigenvalue weighted by Crippen LogP contribution is -3.12. The van der Waals surface area contributed by atoms with Gasteiger partial charge >= 0.3 is 0 Å². The predicted octanol–water partition coefficient (Wildman–Crippen LogP) is 2.01. The molecule has 0 atom stereocenters. The Hall–Kier alpha value is -1.88. The molecule has 120 valence electrons. The number of benzene rings is 2. The lowest BCUT2D eigenvalue weighted by atomic mass is 10.1. The summed E-state index contributed by atoms with van der Waals surface area (Å²) in [6, 6.07) is 14.9. The van der Waals surface area contributed by atoms with Gasteiger partial charge in [-0.3, -0.25) is 4.79 Å². The molecule has 2 N–H and O–H groups in total. The first-order chi connectivity index (χ1) is 11.2. The molecule has 1 amide bonds. The van der Waals surface area contributed by atoms with Crippen molar-refractivity contribution in [3.05, 3.63) is 64.7 Å². The van der Waals surface area contributed by atoms with Crippen LogP contribution < -0.4 is 10.2 Å². The Morgan fingerprint density at radius 1 is 1.04 bits per heavy atom. The van der Waals surface area contributed by atoms with Gasteiger partial charge in [0.25, 0.3) is 5.91 Å². The standard InChI is InChI=1S/C18H19ClN2O2/c19-16-5-7-17(8-6-16)20-18(22)15-3-1-14(2-4-15)13-21-9-11-23-12-10-21/h1-8H,9-13H2,(H,20,22)/p+1. The summed E-state index contributed by atoms with van der Waals surface area (Å²) in [6.07, 6.45) is 0. The quantitative estimate of drug-likeness (QED) is 0.900. The maximum atomic E-state index is 12.2. The van der Waals surface area contributed by atoms with Gasteiger partial charge in [-0.15, -0.1) is 0 Å². The Morgan fingerprint density at radius 2 is 1.70 bits per heavy atom. The number of anilines is 1. The van der Waals surface area contributed by atoms with Crippen LogP contribution in [0.2, 0.25) is 5.02 Å². The Bertz CT molecular complexity index is 650. The second-order valence-corrected chi connectivity index (χ2v) is 6.13. The first-order valence-electron chi connectivity index (χ1n) is 7.78. The number of nitrogens with one attached hydrogen (secondary N) is 2. The molecule has 3 rings (SSSR count). The van der Waals surface area contributed by atoms with Crippen LogP contribution in [-0.2, 0) is 11.3 Å². The summed E-state index contributed by atoms with van der Waals surface area (Å²) in [6.45, 7) is 4.72. The van der Waals surface area contributed by atoms with Crippen LogP contribution in [0.3, 0.4) is 0 Å². The summed E-state index contributed by atoms with van der Waals surface area (Å²) in [4.78, 5) is 13.8. The number of rotatable bonds is 4. The number of hydrogen-bond acceptors (Lipinski definition) is 2. The molecule has 2 aromatic carbocycles. The highest BCUT2D eigenvalue weighted by Crippen LogP contribution is 2.14. The van der Waals surface area contributed by atoms with Crippen LogP contribution in [0.1, 0.15) is 15.9 Å². The van der Waals surface area contributed by atoms with Crippen molar-refractivity contribution in [3.8, 4) is 0 Å². The molecule has 0 saturated carbocycles. The molecule has 1 aliphatic heterocycles. The van der Waals surface area contributed by atoms with Gasteiger partial charge in [0.15, 0.2) is 0 Å². The van der Waals surface area contributed by atoms with Crippen LogP contribution >= 0.6 is 11.6 Å². The van der Waals surface area contributed by atoms with Crippen LogP contribution in [0.5, 0.6) is 0 Å². The van der Waals surface area contributed by atoms with Crippen LogP contribution in [0.15, 0.2) is 48.5 Å². The SMILES string of the molecule is O=C(Nc1ccc(Cl)cc1)c1ccc(C[NH+]2CCOCC2)cc1. The highest BCUT2D eigenvalue weighted by Gasteiger charge is 2.14. The molecular formula is C18H20ClN2O2+. The Kier molecular flexibility index (Phi) is 5.28. The van der Waals surface area contributed by atoms with E-state index in [4.69, 9.17) is 16.3 Å². The Morgan fingerprint density at radius 3 is 2.35 bits per heavy atom. The van der Waals surface area contributed by atoms with Crippen molar-refractivity contribution < 1.29 is 14.4 Å². The zero-order chi connectivity index (χ0) is 16.1. The number of hydrogen-bond donors (Lipinski definition) is 2. The molecule has 1 fully saturated rings. The zero-order valence-corrected chi connectivity index (χ0v) is 13.6. The maximum absolute atomic E-state index is 12.2. The van der Waals surface area contributed by atoms with Crippen molar-refractivity contribution in [1.82, 2.24) is 0 Å². The number of halogens is 1. The summed E-state index contributed by atoms with van der Waals surface area (Å²) in [7, 11) is 0. The Labute approximate surface area is 141 Å². The monoisotopic (exact) mass is 331 g/mol. The topological polar surface area (TPSA) is 42.8 Å². The first kappa shape index (κ1) is 16.0. The molecule has 0 unspecified atom stereocenters. The third-order valence-electron chi connectivity index (χ3n) is 3.97. The van der Waals surface area contributed by atoms with Crippen molar-refractivity contribution in [2.75, 3.05) is 31.6 Å². The van der Waals surface area contributed by atoms with Gasteiger partial charge in [0.1, 0.15) is 19.6 Å². The van der Waals surface area contributed by atoms with Gasteiger partial charge in [-0.05, 0) is 36.4 Å². The lowest BCUT2D eigenvalue weighted by Gasteiger charge is -2.23. The van der Waals surface area contributed by atoms with Crippen molar-refractivity contribution in [2.45, 2.75) is 6.54 Å². The predicted molar refractivity (Wildman–Crippen MR) is 91.1 cm³/mol. The molecule has 0 radical (unpaired) electrons. The summed E-state index contributed by atoms with van der Waals surface area (Å²) < 4.78 is 5.37. The van der Waals surface area contributed by atoms with E-state index in [1.54, 1.807) is 24.3 Å². The van der Waals surface area contributed by atoms with Gasteiger partial charge in [0.05, 0.1) is 13.2 Å². The van der Waals surface area contributed by atoms with E-state index in [-0.39, 0.29) is 5.91 Å². The summed E-state index contributed by atoms with van der Waals surface area (Å²) >= 11 is 5.84. The molecule has 0 spiro atoms. The molecule has 0 bridgehead atoms. The van der Waals surface area contributed by atoms with Crippen molar-refractivity contribution in [3.63, 3.8) is 0 Å². The molecule has 4 nitrogen and oxygen atoms in total. The van der Waals surface area contributed by atoms with Gasteiger partial charge in [0, 0.05) is 21.8 Å². The third-order valence-corrected chi connectivity index (χ3v) is 4.22. The number of carbonyl (C=O) groups excluding carboxylic acids is 1. The number of quaternary nitrogens is 1. The molecule has 2 aromatic rings. The van der Waals surface area contributed by atoms with Gasteiger partial charge in [-0.25, -0.2) is 0 Å². The van der Waals surface area contributed by atoms with Crippen LogP contribution in [-0.4, -0.2) is 32.2 Å². The average molecular weight is 332 g/mol. The third kappa shape index (κ3) is 4.55. The van der Waals surface area contributed by atoms with Gasteiger partial charge in [-0.1, -0.05) is 23.7 Å². The second kappa shape index (κ2) is 7.59. The van der Waals surface area contributed by atoms with Crippen LogP contribution in [0.4, 0.5) is 5.69 Å². The minimum atomic E-state index is -0.113. The van der Waals surface area contributed by atoms with E-state index in [1.807, 2.05) is 24.3 Å². The van der Waals surface area contributed by atoms with Gasteiger partial charge in [0.2, 0.25) is 0 Å². The lowest BCUT2D eigenvalue weighted by molar-refractivity contribution is -0.921. The highest BCUT2D eigenvalue weighted by molar-refractivity contribution is 6.30. The molecule has 0 aromatic heterocycles. The van der Waals surface area contributed by atoms with Crippen molar-refractivity contribution in [1.29, 1.82) is 0 Å². The Balaban J connectivity index is 1.59. The molecular weight excluding hydrogens is 312 g/mol. The number of amides is 1. The van der Waals surface area contributed by atoms with E-state index < -0.39 is 0 Å². The zero-order valence-electron chi connectivity index (χ0n) is 12.8. The van der Waals surface area contributed by atoms with Gasteiger partial charge < -0.3 is 15.0 Å². The molecule has 1 saturated heterocycles. The highest BCUT2D eigenvalue weighted by atomic mass is 35.5. The van der Waals surface area contributed by atoms with Gasteiger partial charge in [-0.2, -0.15) is 0 Å². The molecule has 1 aliphatic rings. The minimum Gasteiger partial charge on any atom is -0.370 e. The number of carbonyl (C=O) groups is 1. The fraction of sp³-hybridized carbons (Fsp3) is 0.278. The van der Waals surface area contributed by atoms with Crippen molar-refractivity contribution >= 4 is 23.2 Å².